The number of nitrogens with one attached hydrogen (secondary N) is 1. The summed E-state index contributed by atoms with van der Waals surface area (Å²) in [7, 11) is 3.83. The van der Waals surface area contributed by atoms with Gasteiger partial charge in [-0.25, -0.2) is 8.78 Å². The Morgan fingerprint density at radius 2 is 1.95 bits per heavy atom. The minimum Gasteiger partial charge on any atom is -0.481 e. The summed E-state index contributed by atoms with van der Waals surface area (Å²) in [5.41, 5.74) is 1.89. The van der Waals surface area contributed by atoms with Crippen LogP contribution in [0, 0.1) is 11.6 Å². The van der Waals surface area contributed by atoms with E-state index < -0.39 is 23.6 Å². The van der Waals surface area contributed by atoms with Crippen molar-refractivity contribution in [3.05, 3.63) is 44.9 Å². The molecule has 0 aliphatic carbocycles. The van der Waals surface area contributed by atoms with Crippen LogP contribution in [0.5, 0.6) is 0 Å². The molecule has 4 heterocycles. The van der Waals surface area contributed by atoms with Gasteiger partial charge in [-0.05, 0) is 26.0 Å². The SMILES string of the molecule is CCc1cc2c(s1)NC=c1c(F)c(F)cnc1=C2N1CCN(C)C(CCOC)C1.O=C(O)CCC(=O)O. The Morgan fingerprint density at radius 3 is 2.57 bits per heavy atom. The Kier molecular flexibility index (Phi) is 9.95. The van der Waals surface area contributed by atoms with E-state index in [4.69, 9.17) is 14.9 Å². The number of carboxylic acid groups (broad SMARTS) is 2. The lowest BCUT2D eigenvalue weighted by molar-refractivity contribution is -0.143. The number of carboxylic acids is 2. The highest BCUT2D eigenvalue weighted by molar-refractivity contribution is 7.16. The quantitative estimate of drug-likeness (QED) is 0.464. The number of hydrogen-bond donors (Lipinski definition) is 3. The van der Waals surface area contributed by atoms with Crippen LogP contribution in [0.3, 0.4) is 0 Å². The molecule has 0 bridgehead atoms. The smallest absolute Gasteiger partial charge is 0.303 e. The molecule has 9 nitrogen and oxygen atoms in total. The maximum absolute atomic E-state index is 14.6. The zero-order valence-corrected chi connectivity index (χ0v) is 21.9. The molecule has 0 aromatic carbocycles. The largest absolute Gasteiger partial charge is 0.481 e. The van der Waals surface area contributed by atoms with Gasteiger partial charge in [0, 0.05) is 56.0 Å². The Balaban J connectivity index is 0.000000414. The highest BCUT2D eigenvalue weighted by Crippen LogP contribution is 2.35. The second-order valence-electron chi connectivity index (χ2n) is 8.78. The first-order valence-electron chi connectivity index (χ1n) is 12.0. The molecule has 2 aromatic heterocycles. The summed E-state index contributed by atoms with van der Waals surface area (Å²) in [6, 6.07) is 2.47. The van der Waals surface area contributed by atoms with Crippen LogP contribution in [0.2, 0.25) is 0 Å². The lowest BCUT2D eigenvalue weighted by Gasteiger charge is -2.41. The lowest BCUT2D eigenvalue weighted by Crippen LogP contribution is -2.52. The Hall–Kier alpha value is -3.09. The molecular weight excluding hydrogens is 506 g/mol. The summed E-state index contributed by atoms with van der Waals surface area (Å²) >= 11 is 1.65. The number of aryl methyl sites for hydroxylation is 1. The van der Waals surface area contributed by atoms with Gasteiger partial charge in [-0.2, -0.15) is 0 Å². The highest BCUT2D eigenvalue weighted by Gasteiger charge is 2.29. The number of anilines is 1. The molecule has 2 aliphatic heterocycles. The molecule has 37 heavy (non-hydrogen) atoms. The topological polar surface area (TPSA) is 115 Å². The normalized spacial score (nSPS) is 16.9. The zero-order valence-electron chi connectivity index (χ0n) is 21.1. The van der Waals surface area contributed by atoms with Crippen LogP contribution >= 0.6 is 11.3 Å². The maximum Gasteiger partial charge on any atom is 0.303 e. The third kappa shape index (κ3) is 7.02. The van der Waals surface area contributed by atoms with Crippen molar-refractivity contribution in [1.29, 1.82) is 0 Å². The summed E-state index contributed by atoms with van der Waals surface area (Å²) in [4.78, 5) is 29.5. The Morgan fingerprint density at radius 1 is 1.24 bits per heavy atom. The van der Waals surface area contributed by atoms with Crippen LogP contribution < -0.4 is 15.9 Å². The summed E-state index contributed by atoms with van der Waals surface area (Å²) in [5, 5.41) is 20.6. The van der Waals surface area contributed by atoms with Gasteiger partial charge in [0.2, 0.25) is 0 Å². The number of methoxy groups -OCH3 is 1. The van der Waals surface area contributed by atoms with Gasteiger partial charge in [0.25, 0.3) is 0 Å². The highest BCUT2D eigenvalue weighted by atomic mass is 32.1. The monoisotopic (exact) mass is 538 g/mol. The fourth-order valence-corrected chi connectivity index (χ4v) is 5.18. The zero-order chi connectivity index (χ0) is 27.1. The minimum atomic E-state index is -1.08. The van der Waals surface area contributed by atoms with Crippen molar-refractivity contribution in [3.63, 3.8) is 0 Å². The van der Waals surface area contributed by atoms with Gasteiger partial charge in [0.1, 0.15) is 5.00 Å². The van der Waals surface area contributed by atoms with Gasteiger partial charge in [-0.3, -0.25) is 19.5 Å². The fourth-order valence-electron chi connectivity index (χ4n) is 4.21. The lowest BCUT2D eigenvalue weighted by atomic mass is 10.1. The number of halogens is 2. The van der Waals surface area contributed by atoms with Crippen molar-refractivity contribution in [2.45, 2.75) is 38.6 Å². The molecule has 0 saturated carbocycles. The van der Waals surface area contributed by atoms with E-state index in [2.05, 4.69) is 40.1 Å². The van der Waals surface area contributed by atoms with Crippen molar-refractivity contribution in [2.24, 2.45) is 0 Å². The van der Waals surface area contributed by atoms with Gasteiger partial charge < -0.3 is 25.2 Å². The van der Waals surface area contributed by atoms with Crippen LogP contribution in [-0.4, -0.2) is 83.4 Å². The number of fused-ring (bicyclic) bond motifs is 2. The maximum atomic E-state index is 14.6. The predicted molar refractivity (Wildman–Crippen MR) is 137 cm³/mol. The van der Waals surface area contributed by atoms with Crippen LogP contribution in [-0.2, 0) is 20.7 Å². The van der Waals surface area contributed by atoms with Crippen molar-refractivity contribution >= 4 is 40.2 Å². The first-order chi connectivity index (χ1) is 17.7. The fraction of sp³-hybridized carbons (Fsp3) is 0.480. The van der Waals surface area contributed by atoms with Crippen molar-refractivity contribution < 1.29 is 33.3 Å². The molecule has 202 valence electrons. The minimum absolute atomic E-state index is 0.175. The molecule has 1 saturated heterocycles. The molecule has 0 radical (unpaired) electrons. The number of nitrogens with zero attached hydrogens (tertiary/aromatic N) is 3. The molecule has 2 aromatic rings. The number of aromatic nitrogens is 1. The van der Waals surface area contributed by atoms with Gasteiger partial charge in [0.05, 0.1) is 35.3 Å². The first-order valence-corrected chi connectivity index (χ1v) is 12.8. The third-order valence-electron chi connectivity index (χ3n) is 6.27. The number of hydrogen-bond acceptors (Lipinski definition) is 8. The standard InChI is InChI=1S/C21H26F2N4OS.C4H6O4/c1-4-14-9-15-20(27-7-6-26(2)13(12-27)5-8-28-3)19-16(10-25-21(15)29-14)18(23)17(22)11-24-19;5-3(6)1-2-4(7)8/h9-11,13,25H,4-8,12H2,1-3H3;1-2H2,(H,5,6)(H,7,8). The summed E-state index contributed by atoms with van der Waals surface area (Å²) in [6.07, 6.45) is 3.77. The molecule has 0 amide bonds. The number of carbonyl (C=O) groups is 2. The van der Waals surface area contributed by atoms with E-state index in [-0.39, 0.29) is 18.1 Å². The van der Waals surface area contributed by atoms with Crippen molar-refractivity contribution in [3.8, 4) is 0 Å². The van der Waals surface area contributed by atoms with E-state index in [0.29, 0.717) is 18.0 Å². The second kappa shape index (κ2) is 12.9. The molecule has 2 aliphatic rings. The van der Waals surface area contributed by atoms with Crippen LogP contribution in [0.1, 0.15) is 36.6 Å². The average Bonchev–Trinajstić information content (AvgIpc) is 3.21. The number of rotatable bonds is 8. The molecule has 1 atom stereocenters. The molecule has 4 rings (SSSR count). The van der Waals surface area contributed by atoms with Gasteiger partial charge in [-0.1, -0.05) is 6.92 Å². The number of pyridine rings is 1. The van der Waals surface area contributed by atoms with Crippen molar-refractivity contribution in [1.82, 2.24) is 14.8 Å². The number of piperazine rings is 1. The van der Waals surface area contributed by atoms with E-state index in [1.54, 1.807) is 24.6 Å². The summed E-state index contributed by atoms with van der Waals surface area (Å²) in [6.45, 7) is 5.27. The van der Waals surface area contributed by atoms with E-state index >= 15 is 0 Å². The van der Waals surface area contributed by atoms with E-state index in [9.17, 15) is 18.4 Å². The van der Waals surface area contributed by atoms with Gasteiger partial charge >= 0.3 is 11.9 Å². The third-order valence-corrected chi connectivity index (χ3v) is 7.48. The molecule has 1 fully saturated rings. The van der Waals surface area contributed by atoms with E-state index in [0.717, 1.165) is 54.9 Å². The number of likely N-dealkylation sites (N-methyl/N-ethyl adjacent to an activating group) is 1. The first kappa shape index (κ1) is 28.5. The average molecular weight is 539 g/mol. The second-order valence-corrected chi connectivity index (χ2v) is 9.91. The molecule has 12 heteroatoms. The van der Waals surface area contributed by atoms with Crippen molar-refractivity contribution in [2.75, 3.05) is 45.7 Å². The molecule has 1 unspecified atom stereocenters. The van der Waals surface area contributed by atoms with Crippen LogP contribution in [0.25, 0.3) is 11.9 Å². The number of aliphatic carboxylic acids is 2. The Labute approximate surface area is 217 Å². The number of thiophene rings is 1. The molecule has 0 spiro atoms. The Bertz CT molecular complexity index is 1240. The van der Waals surface area contributed by atoms with E-state index in [1.165, 1.54) is 4.88 Å². The van der Waals surface area contributed by atoms with Gasteiger partial charge in [0.15, 0.2) is 11.6 Å². The summed E-state index contributed by atoms with van der Waals surface area (Å²) < 4.78 is 33.8. The number of ether oxygens (including phenoxy) is 1. The van der Waals surface area contributed by atoms with E-state index in [1.807, 2.05) is 0 Å². The van der Waals surface area contributed by atoms with Gasteiger partial charge in [-0.15, -0.1) is 11.3 Å². The summed E-state index contributed by atoms with van der Waals surface area (Å²) in [5.74, 6) is -3.95. The van der Waals surface area contributed by atoms with Crippen LogP contribution in [0.4, 0.5) is 13.8 Å². The molecule has 3 N–H and O–H groups in total. The van der Waals surface area contributed by atoms with Crippen LogP contribution in [0.15, 0.2) is 12.3 Å². The predicted octanol–water partition coefficient (Wildman–Crippen LogP) is 1.89. The molecular formula is C25H32F2N4O5S.